The number of rotatable bonds is 24. The van der Waals surface area contributed by atoms with E-state index in [0.717, 1.165) is 91.7 Å². The molecule has 5 heterocycles. The maximum atomic E-state index is 15.8. The number of nitrogens with zero attached hydrogens (tertiary/aromatic N) is 6. The minimum atomic E-state index is -4.97. The van der Waals surface area contributed by atoms with Crippen LogP contribution in [0.15, 0.2) is 83.2 Å². The Bertz CT molecular complexity index is 3280. The Hall–Kier alpha value is -7.05. The Balaban J connectivity index is 0.720. The summed E-state index contributed by atoms with van der Waals surface area (Å²) in [6.45, 7) is 17.9. The number of thiazole rings is 1. The highest BCUT2D eigenvalue weighted by atomic mass is 32.1. The summed E-state index contributed by atoms with van der Waals surface area (Å²) in [4.78, 5) is 97.0. The Morgan fingerprint density at radius 3 is 2.08 bits per heavy atom. The number of nitrogens with one attached hydrogen (secondary N) is 5. The van der Waals surface area contributed by atoms with Crippen molar-refractivity contribution in [3.63, 3.8) is 0 Å². The number of aromatic nitrogens is 2. The molecule has 8 rings (SSSR count). The molecule has 3 fully saturated rings. The van der Waals surface area contributed by atoms with Gasteiger partial charge in [-0.3, -0.25) is 43.5 Å². The van der Waals surface area contributed by atoms with Crippen LogP contribution in [0.3, 0.4) is 0 Å². The number of piperazine rings is 2. The molecule has 88 heavy (non-hydrogen) atoms. The molecule has 5 aromatic rings. The monoisotopic (exact) mass is 1240 g/mol. The molecular weight excluding hydrogens is 1150 g/mol. The molecule has 3 aliphatic heterocycles. The Kier molecular flexibility index (Phi) is 22.8. The summed E-state index contributed by atoms with van der Waals surface area (Å²) in [5, 5.41) is 22.2. The van der Waals surface area contributed by atoms with Gasteiger partial charge in [0.05, 0.1) is 44.7 Å². The number of H-pyrrole nitrogens is 1. The number of carbonyl (C=O) groups is 5. The molecule has 0 radical (unpaired) electrons. The second kappa shape index (κ2) is 30.0. The summed E-state index contributed by atoms with van der Waals surface area (Å²) < 4.78 is 57.9. The van der Waals surface area contributed by atoms with Crippen molar-refractivity contribution in [2.45, 2.75) is 149 Å². The van der Waals surface area contributed by atoms with Crippen molar-refractivity contribution in [2.24, 2.45) is 5.41 Å². The number of amides is 5. The number of pyridine rings is 1. The predicted octanol–water partition coefficient (Wildman–Crippen LogP) is 8.58. The summed E-state index contributed by atoms with van der Waals surface area (Å²) in [6, 6.07) is 16.7. The van der Waals surface area contributed by atoms with Crippen molar-refractivity contribution in [1.29, 1.82) is 0 Å². The highest BCUT2D eigenvalue weighted by Crippen LogP contribution is 2.37. The molecule has 0 unspecified atom stereocenters. The molecular formula is C65H85F4N11O7S. The van der Waals surface area contributed by atoms with E-state index in [1.807, 2.05) is 64.5 Å². The van der Waals surface area contributed by atoms with E-state index in [-0.39, 0.29) is 67.0 Å². The highest BCUT2D eigenvalue weighted by molar-refractivity contribution is 7.13. The third-order valence-electron chi connectivity index (χ3n) is 17.2. The number of aromatic amines is 1. The molecule has 18 nitrogen and oxygen atoms in total. The lowest BCUT2D eigenvalue weighted by Crippen LogP contribution is -2.57. The highest BCUT2D eigenvalue weighted by Gasteiger charge is 2.45. The fourth-order valence-corrected chi connectivity index (χ4v) is 12.6. The van der Waals surface area contributed by atoms with Crippen LogP contribution in [-0.2, 0) is 38.4 Å². The van der Waals surface area contributed by atoms with Gasteiger partial charge in [-0.1, -0.05) is 82.9 Å². The first-order valence-electron chi connectivity index (χ1n) is 30.6. The van der Waals surface area contributed by atoms with Crippen LogP contribution < -0.4 is 31.7 Å². The molecule has 0 bridgehead atoms. The quantitative estimate of drug-likeness (QED) is 0.0253. The molecule has 3 aliphatic rings. The summed E-state index contributed by atoms with van der Waals surface area (Å²) >= 11 is 1.57. The van der Waals surface area contributed by atoms with Gasteiger partial charge in [0.1, 0.15) is 17.9 Å². The van der Waals surface area contributed by atoms with Gasteiger partial charge < -0.3 is 41.2 Å². The molecule has 3 saturated heterocycles. The first-order valence-corrected chi connectivity index (χ1v) is 31.5. The van der Waals surface area contributed by atoms with Gasteiger partial charge in [0.15, 0.2) is 0 Å². The number of hydrogen-bond donors (Lipinski definition) is 6. The van der Waals surface area contributed by atoms with E-state index in [0.29, 0.717) is 62.9 Å². The Morgan fingerprint density at radius 1 is 0.795 bits per heavy atom. The van der Waals surface area contributed by atoms with E-state index < -0.39 is 64.1 Å². The summed E-state index contributed by atoms with van der Waals surface area (Å²) in [6.07, 6.45) is 0.592. The first kappa shape index (κ1) is 66.9. The summed E-state index contributed by atoms with van der Waals surface area (Å²) in [5.41, 5.74) is 3.25. The lowest BCUT2D eigenvalue weighted by molar-refractivity contribution is -0.144. The predicted molar refractivity (Wildman–Crippen MR) is 334 cm³/mol. The van der Waals surface area contributed by atoms with Crippen LogP contribution in [0.5, 0.6) is 0 Å². The van der Waals surface area contributed by atoms with Crippen LogP contribution in [0.4, 0.5) is 28.9 Å². The second-order valence-electron chi connectivity index (χ2n) is 24.9. The van der Waals surface area contributed by atoms with Crippen molar-refractivity contribution in [2.75, 3.05) is 76.2 Å². The minimum absolute atomic E-state index is 0.00146. The topological polar surface area (TPSA) is 216 Å². The average molecular weight is 1240 g/mol. The van der Waals surface area contributed by atoms with Crippen LogP contribution in [0.2, 0.25) is 0 Å². The SMILES string of the molecule is Cc1ncsc1-c1ccc(CNC(=O)[C@@H]2C[C@@H](O)CN2C(=O)[C@@H](NC(=O)CCCCCCCCC(=O)NCCN2CCN(Cc3ccc(F)c(-c4ccc(N5C[C@@H](C)N(C)[C@@H](C)C5)c(NC(=O)c5c[nH]c(=O)cc5C(F)(F)F)c4)c3)CC2)C(C)(C)C)cc1. The number of aliphatic hydroxyl groups is 1. The number of likely N-dealkylation sites (tertiary alicyclic amines) is 1. The van der Waals surface area contributed by atoms with Crippen molar-refractivity contribution in [3.8, 4) is 21.6 Å². The number of aryl methyl sites for hydroxylation is 1. The van der Waals surface area contributed by atoms with Crippen LogP contribution in [0.25, 0.3) is 21.6 Å². The number of likely N-dealkylation sites (N-methyl/N-ethyl adjacent to an activating group) is 1. The molecule has 0 aliphatic carbocycles. The van der Waals surface area contributed by atoms with E-state index in [4.69, 9.17) is 0 Å². The van der Waals surface area contributed by atoms with Gasteiger partial charge in [-0.2, -0.15) is 13.2 Å². The van der Waals surface area contributed by atoms with Gasteiger partial charge >= 0.3 is 6.18 Å². The number of benzene rings is 3. The molecule has 476 valence electrons. The number of hydrogen-bond acceptors (Lipinski definition) is 13. The molecule has 5 amide bonds. The number of halogens is 4. The van der Waals surface area contributed by atoms with Gasteiger partial charge in [-0.05, 0) is 92.6 Å². The fourth-order valence-electron chi connectivity index (χ4n) is 11.8. The van der Waals surface area contributed by atoms with Crippen LogP contribution in [0, 0.1) is 18.2 Å². The average Bonchev–Trinajstić information content (AvgIpc) is 3.09. The molecule has 0 spiro atoms. The van der Waals surface area contributed by atoms with Gasteiger partial charge in [0, 0.05) is 121 Å². The van der Waals surface area contributed by atoms with Crippen molar-refractivity contribution in [3.05, 3.63) is 123 Å². The van der Waals surface area contributed by atoms with Crippen molar-refractivity contribution < 1.29 is 46.6 Å². The largest absolute Gasteiger partial charge is 0.417 e. The van der Waals surface area contributed by atoms with E-state index in [9.17, 15) is 47.0 Å². The normalized spacial score (nSPS) is 19.1. The maximum Gasteiger partial charge on any atom is 0.417 e. The van der Waals surface area contributed by atoms with Crippen LogP contribution in [0.1, 0.15) is 125 Å². The molecule has 0 saturated carbocycles. The fraction of sp³-hybridized carbons (Fsp3) is 0.523. The third-order valence-corrected chi connectivity index (χ3v) is 18.1. The van der Waals surface area contributed by atoms with Gasteiger partial charge in [0.2, 0.25) is 29.2 Å². The lowest BCUT2D eigenvalue weighted by atomic mass is 9.85. The minimum Gasteiger partial charge on any atom is -0.391 e. The van der Waals surface area contributed by atoms with Crippen LogP contribution >= 0.6 is 11.3 Å². The standard InChI is InChI=1S/C65H85F4N11O7S/c1-41-36-79(37-42(2)76(41)7)54-23-21-47(31-53(54)74-61(85)50-35-71-58(84)33-51(50)65(67,68)69)49-30-45(18-22-52(49)66)38-78-28-26-77(27-29-78)25-24-70-56(82)14-12-10-8-9-11-13-15-57(83)75-60(64(4,5)6)63(87)80-39-48(81)32-55(80)62(86)72-34-44-16-19-46(20-17-44)59-43(3)73-40-88-59/h16-23,30-31,33,35,40-42,48,55,60,81H,8-15,24-29,32,34,36-39H2,1-7H3,(H,70,82)(H,71,84)(H,72,86)(H,74,85)(H,75,83)/t41-,42+,48-,55+,60-/m1/s1. The molecule has 5 atom stereocenters. The summed E-state index contributed by atoms with van der Waals surface area (Å²) in [5.74, 6) is -2.58. The van der Waals surface area contributed by atoms with E-state index in [1.165, 1.54) is 11.0 Å². The van der Waals surface area contributed by atoms with Gasteiger partial charge in [-0.15, -0.1) is 11.3 Å². The zero-order valence-corrected chi connectivity index (χ0v) is 52.4. The third kappa shape index (κ3) is 17.8. The number of carbonyl (C=O) groups excluding carboxylic acids is 5. The van der Waals surface area contributed by atoms with Crippen molar-refractivity contribution in [1.82, 2.24) is 45.5 Å². The van der Waals surface area contributed by atoms with Crippen LogP contribution in [-0.4, -0.2) is 160 Å². The van der Waals surface area contributed by atoms with Crippen molar-refractivity contribution >= 4 is 52.2 Å². The zero-order valence-electron chi connectivity index (χ0n) is 51.5. The zero-order chi connectivity index (χ0) is 63.5. The second-order valence-corrected chi connectivity index (χ2v) is 25.8. The van der Waals surface area contributed by atoms with E-state index >= 15 is 4.39 Å². The van der Waals surface area contributed by atoms with E-state index in [1.54, 1.807) is 41.7 Å². The summed E-state index contributed by atoms with van der Waals surface area (Å²) in [7, 11) is 2.02. The van der Waals surface area contributed by atoms with E-state index in [2.05, 4.69) is 64.7 Å². The first-order chi connectivity index (χ1) is 41.8. The number of aliphatic hydroxyl groups excluding tert-OH is 1. The van der Waals surface area contributed by atoms with Gasteiger partial charge in [-0.25, -0.2) is 9.37 Å². The number of anilines is 2. The Morgan fingerprint density at radius 2 is 1.43 bits per heavy atom. The molecule has 3 aromatic carbocycles. The number of β-amino-alcohol motifs (C(OH)–C–C–N with tert-alkyl or cyclic N) is 1. The molecule has 2 aromatic heterocycles. The molecule has 23 heteroatoms. The Labute approximate surface area is 516 Å². The number of alkyl halides is 3. The number of unbranched alkanes of at least 4 members (excludes halogenated alkanes) is 5. The lowest BCUT2D eigenvalue weighted by Gasteiger charge is -2.44. The molecule has 6 N–H and O–H groups in total. The maximum absolute atomic E-state index is 15.8. The smallest absolute Gasteiger partial charge is 0.391 e. The van der Waals surface area contributed by atoms with Gasteiger partial charge in [0.25, 0.3) is 5.91 Å².